The molecule has 0 spiro atoms. The van der Waals surface area contributed by atoms with Gasteiger partial charge in [-0.2, -0.15) is 24.1 Å². The molecule has 1 aromatic carbocycles. The zero-order valence-electron chi connectivity index (χ0n) is 16.0. The lowest BCUT2D eigenvalue weighted by Gasteiger charge is -2.27. The fourth-order valence-corrected chi connectivity index (χ4v) is 3.09. The van der Waals surface area contributed by atoms with E-state index in [-0.39, 0.29) is 35.3 Å². The van der Waals surface area contributed by atoms with Gasteiger partial charge in [0.1, 0.15) is 30.4 Å². The summed E-state index contributed by atoms with van der Waals surface area (Å²) in [6, 6.07) is 6.81. The van der Waals surface area contributed by atoms with Crippen LogP contribution in [0.1, 0.15) is 18.5 Å². The molecule has 4 rings (SSSR count). The molecular formula is C19H17F3N8O. The molecule has 9 nitrogen and oxygen atoms in total. The van der Waals surface area contributed by atoms with E-state index in [0.29, 0.717) is 23.2 Å². The van der Waals surface area contributed by atoms with E-state index in [1.807, 2.05) is 6.07 Å². The van der Waals surface area contributed by atoms with Crippen LogP contribution in [0.5, 0.6) is 5.75 Å². The van der Waals surface area contributed by atoms with E-state index >= 15 is 0 Å². The fourth-order valence-electron chi connectivity index (χ4n) is 3.09. The Hall–Kier alpha value is -3.72. The predicted molar refractivity (Wildman–Crippen MR) is 104 cm³/mol. The van der Waals surface area contributed by atoms with Gasteiger partial charge in [-0.1, -0.05) is 0 Å². The van der Waals surface area contributed by atoms with Crippen molar-refractivity contribution >= 4 is 11.6 Å². The van der Waals surface area contributed by atoms with Crippen LogP contribution in [0.2, 0.25) is 0 Å². The quantitative estimate of drug-likeness (QED) is 0.614. The van der Waals surface area contributed by atoms with Crippen LogP contribution in [0.25, 0.3) is 11.4 Å². The first-order valence-corrected chi connectivity index (χ1v) is 9.38. The second kappa shape index (κ2) is 8.97. The van der Waals surface area contributed by atoms with E-state index in [4.69, 9.17) is 4.74 Å². The van der Waals surface area contributed by atoms with Crippen molar-refractivity contribution in [2.24, 2.45) is 0 Å². The molecule has 160 valence electrons. The average Bonchev–Trinajstić information content (AvgIpc) is 3.24. The minimum atomic E-state index is -2.76. The summed E-state index contributed by atoms with van der Waals surface area (Å²) in [5.41, 5.74) is 1.01. The first-order valence-electron chi connectivity index (χ1n) is 9.38. The molecule has 1 aliphatic rings. The van der Waals surface area contributed by atoms with Crippen molar-refractivity contribution in [3.8, 4) is 23.2 Å². The molecule has 2 atom stereocenters. The summed E-state index contributed by atoms with van der Waals surface area (Å²) in [6.45, 7) is -1.91. The first-order chi connectivity index (χ1) is 15.0. The molecule has 3 aromatic rings. The number of ether oxygens (including phenoxy) is 1. The zero-order chi connectivity index (χ0) is 21.8. The van der Waals surface area contributed by atoms with E-state index in [2.05, 4.69) is 30.7 Å². The number of nitrogens with zero attached hydrogens (tertiary/aromatic N) is 6. The molecule has 1 saturated heterocycles. The Labute approximate surface area is 174 Å². The van der Waals surface area contributed by atoms with Crippen LogP contribution < -0.4 is 15.4 Å². The standard InChI is InChI=1S/C19H17F3N8O/c20-14-8-24-4-3-16(14)31-15-2-1-11(5-12(15)6-23)17-25-10-26-19(29-17)28-13-7-27-30(9-13)18(21)22/h1-2,5,7,9-10,14,16,18,24H,3-4,8H2,(H,25,26,28,29)/t14-,16?/m1/s1. The number of aromatic nitrogens is 5. The molecule has 0 amide bonds. The van der Waals surface area contributed by atoms with Crippen LogP contribution in [-0.4, -0.2) is 50.1 Å². The van der Waals surface area contributed by atoms with E-state index in [0.717, 1.165) is 6.20 Å². The number of benzene rings is 1. The molecule has 2 aromatic heterocycles. The van der Waals surface area contributed by atoms with Gasteiger partial charge in [0.15, 0.2) is 5.82 Å². The van der Waals surface area contributed by atoms with Crippen LogP contribution in [-0.2, 0) is 0 Å². The Morgan fingerprint density at radius 2 is 2.19 bits per heavy atom. The first kappa shape index (κ1) is 20.5. The molecule has 1 fully saturated rings. The average molecular weight is 430 g/mol. The van der Waals surface area contributed by atoms with E-state index in [1.54, 1.807) is 12.1 Å². The van der Waals surface area contributed by atoms with Crippen molar-refractivity contribution in [1.82, 2.24) is 30.0 Å². The lowest BCUT2D eigenvalue weighted by molar-refractivity contribution is 0.0566. The molecule has 3 heterocycles. The van der Waals surface area contributed by atoms with Gasteiger partial charge in [0.05, 0.1) is 23.6 Å². The Balaban J connectivity index is 1.53. The largest absolute Gasteiger partial charge is 0.486 e. The Morgan fingerprint density at radius 3 is 2.94 bits per heavy atom. The third-order valence-electron chi connectivity index (χ3n) is 4.61. The van der Waals surface area contributed by atoms with Crippen molar-refractivity contribution in [3.05, 3.63) is 42.5 Å². The van der Waals surface area contributed by atoms with E-state index in [9.17, 15) is 18.4 Å². The Morgan fingerprint density at radius 1 is 1.32 bits per heavy atom. The van der Waals surface area contributed by atoms with Crippen molar-refractivity contribution < 1.29 is 17.9 Å². The molecule has 1 aliphatic heterocycles. The van der Waals surface area contributed by atoms with Gasteiger partial charge in [-0.3, -0.25) is 0 Å². The lowest BCUT2D eigenvalue weighted by Crippen LogP contribution is -2.44. The van der Waals surface area contributed by atoms with Crippen LogP contribution in [0.15, 0.2) is 36.9 Å². The third-order valence-corrected chi connectivity index (χ3v) is 4.61. The number of rotatable bonds is 6. The molecule has 0 aliphatic carbocycles. The summed E-state index contributed by atoms with van der Waals surface area (Å²) in [7, 11) is 0. The van der Waals surface area contributed by atoms with Gasteiger partial charge in [-0.15, -0.1) is 0 Å². The molecule has 0 saturated carbocycles. The number of nitriles is 1. The minimum Gasteiger partial charge on any atom is -0.486 e. The topological polar surface area (TPSA) is 114 Å². The summed E-state index contributed by atoms with van der Waals surface area (Å²) >= 11 is 0. The van der Waals surface area contributed by atoms with Crippen LogP contribution in [0.4, 0.5) is 24.8 Å². The zero-order valence-corrected chi connectivity index (χ0v) is 16.0. The maximum atomic E-state index is 14.0. The number of nitrogens with one attached hydrogen (secondary N) is 2. The second-order valence-corrected chi connectivity index (χ2v) is 6.73. The van der Waals surface area contributed by atoms with Gasteiger partial charge >= 0.3 is 6.55 Å². The summed E-state index contributed by atoms with van der Waals surface area (Å²) in [5, 5.41) is 18.8. The normalized spacial score (nSPS) is 18.5. The molecule has 1 unspecified atom stereocenters. The minimum absolute atomic E-state index is 0.118. The maximum absolute atomic E-state index is 14.0. The molecule has 12 heteroatoms. The monoisotopic (exact) mass is 430 g/mol. The number of hydrogen-bond donors (Lipinski definition) is 2. The summed E-state index contributed by atoms with van der Waals surface area (Å²) in [4.78, 5) is 12.3. The van der Waals surface area contributed by atoms with Crippen molar-refractivity contribution in [3.63, 3.8) is 0 Å². The highest BCUT2D eigenvalue weighted by Gasteiger charge is 2.27. The van der Waals surface area contributed by atoms with Crippen LogP contribution in [0, 0.1) is 11.3 Å². The van der Waals surface area contributed by atoms with Gasteiger partial charge in [0.2, 0.25) is 5.95 Å². The van der Waals surface area contributed by atoms with Gasteiger partial charge in [-0.05, 0) is 31.2 Å². The summed E-state index contributed by atoms with van der Waals surface area (Å²) in [5.74, 6) is 0.660. The van der Waals surface area contributed by atoms with Crippen molar-refractivity contribution in [2.75, 3.05) is 18.4 Å². The summed E-state index contributed by atoms with van der Waals surface area (Å²) in [6.07, 6.45) is 2.30. The molecule has 2 N–H and O–H groups in total. The third kappa shape index (κ3) is 4.72. The Bertz CT molecular complexity index is 1100. The number of hydrogen-bond acceptors (Lipinski definition) is 8. The molecule has 0 radical (unpaired) electrons. The van der Waals surface area contributed by atoms with Gasteiger partial charge in [-0.25, -0.2) is 19.0 Å². The van der Waals surface area contributed by atoms with Crippen molar-refractivity contribution in [1.29, 1.82) is 5.26 Å². The SMILES string of the molecule is N#Cc1cc(-c2ncnc(Nc3cnn(C(F)F)c3)n2)ccc1OC1CCNC[C@H]1F. The smallest absolute Gasteiger partial charge is 0.333 e. The summed E-state index contributed by atoms with van der Waals surface area (Å²) < 4.78 is 45.6. The number of piperidine rings is 1. The maximum Gasteiger partial charge on any atom is 0.333 e. The number of anilines is 2. The highest BCUT2D eigenvalue weighted by molar-refractivity contribution is 5.63. The van der Waals surface area contributed by atoms with Crippen molar-refractivity contribution in [2.45, 2.75) is 25.2 Å². The number of alkyl halides is 3. The second-order valence-electron chi connectivity index (χ2n) is 6.73. The van der Waals surface area contributed by atoms with Gasteiger partial charge in [0, 0.05) is 12.1 Å². The highest BCUT2D eigenvalue weighted by atomic mass is 19.3. The van der Waals surface area contributed by atoms with Crippen LogP contribution >= 0.6 is 0 Å². The Kier molecular flexibility index (Phi) is 5.94. The molecule has 31 heavy (non-hydrogen) atoms. The van der Waals surface area contributed by atoms with Gasteiger partial charge in [0.25, 0.3) is 0 Å². The molecule has 0 bridgehead atoms. The highest BCUT2D eigenvalue weighted by Crippen LogP contribution is 2.27. The van der Waals surface area contributed by atoms with E-state index < -0.39 is 18.8 Å². The predicted octanol–water partition coefficient (Wildman–Crippen LogP) is 2.82. The van der Waals surface area contributed by atoms with E-state index in [1.165, 1.54) is 18.6 Å². The number of halogens is 3. The van der Waals surface area contributed by atoms with Gasteiger partial charge < -0.3 is 15.4 Å². The molecular weight excluding hydrogens is 413 g/mol. The van der Waals surface area contributed by atoms with Crippen LogP contribution in [0.3, 0.4) is 0 Å². The lowest BCUT2D eigenvalue weighted by atomic mass is 10.1. The fraction of sp³-hybridized carbons (Fsp3) is 0.316.